The molecule has 2 fully saturated rings. The Morgan fingerprint density at radius 3 is 0.720 bits per heavy atom. The molecule has 26 heteroatoms. The van der Waals surface area contributed by atoms with Crippen molar-refractivity contribution in [2.45, 2.75) is 445 Å². The smallest absolute Gasteiger partial charge is 0.413 e. The third kappa shape index (κ3) is 105. The number of hydrogen-bond donors (Lipinski definition) is 5. The quantitative estimate of drug-likeness (QED) is 0.00943. The van der Waals surface area contributed by atoms with Gasteiger partial charge in [-0.2, -0.15) is 0 Å². The van der Waals surface area contributed by atoms with Gasteiger partial charge in [-0.3, -0.25) is 39.4 Å². The minimum absolute atomic E-state index is 0. The second kappa shape index (κ2) is 99.3. The van der Waals surface area contributed by atoms with E-state index in [0.29, 0.717) is 38.5 Å². The molecule has 7 N–H and O–H groups in total. The summed E-state index contributed by atoms with van der Waals surface area (Å²) in [6.45, 7) is 9.31. The molecule has 0 spiro atoms. The van der Waals surface area contributed by atoms with Gasteiger partial charge < -0.3 is 45.0 Å². The number of carboxylic acids is 1. The molecule has 2 saturated heterocycles. The first-order chi connectivity index (χ1) is 56.6. The van der Waals surface area contributed by atoms with Crippen LogP contribution in [0.5, 0.6) is 0 Å². The Morgan fingerprint density at radius 2 is 0.517 bits per heavy atom. The molecular formula is C92H165Cl5N4O17. The lowest BCUT2D eigenvalue weighted by Gasteiger charge is -2.14. The van der Waals surface area contributed by atoms with E-state index in [2.05, 4.69) is 120 Å². The van der Waals surface area contributed by atoms with Crippen LogP contribution >= 0.6 is 58.0 Å². The number of nitrogens with two attached hydrogens (primary N) is 2. The first kappa shape index (κ1) is 122. The molecule has 6 amide bonds. The first-order valence-electron chi connectivity index (χ1n) is 45.2. The predicted octanol–water partition coefficient (Wildman–Crippen LogP) is 27.3. The van der Waals surface area contributed by atoms with E-state index in [9.17, 15) is 47.9 Å². The van der Waals surface area contributed by atoms with Crippen molar-refractivity contribution in [1.29, 1.82) is 0 Å². The third-order valence-electron chi connectivity index (χ3n) is 19.3. The van der Waals surface area contributed by atoms with Gasteiger partial charge in [0.25, 0.3) is 0 Å². The van der Waals surface area contributed by atoms with Crippen LogP contribution in [0.3, 0.4) is 0 Å². The van der Waals surface area contributed by atoms with Crippen molar-refractivity contribution in [3.05, 3.63) is 48.6 Å². The number of primary amides is 2. The molecule has 2 rings (SSSR count). The number of imide groups is 2. The summed E-state index contributed by atoms with van der Waals surface area (Å²) in [6.07, 6.45) is 82.4. The number of halogens is 5. The van der Waals surface area contributed by atoms with Gasteiger partial charge in [-0.15, -0.1) is 23.2 Å². The largest absolute Gasteiger partial charge is 0.481 e. The molecule has 0 aliphatic carbocycles. The molecular weight excluding hydrogens is 1610 g/mol. The Morgan fingerprint density at radius 1 is 0.322 bits per heavy atom. The molecule has 0 aromatic carbocycles. The molecule has 0 aromatic rings. The van der Waals surface area contributed by atoms with Crippen LogP contribution in [0.25, 0.3) is 0 Å². The average molecular weight is 1780 g/mol. The Kier molecular flexibility index (Phi) is 102. The van der Waals surface area contributed by atoms with Crippen molar-refractivity contribution in [2.75, 3.05) is 31.8 Å². The van der Waals surface area contributed by atoms with Crippen molar-refractivity contribution in [2.24, 2.45) is 11.5 Å². The normalized spacial score (nSPS) is 14.6. The Balaban J connectivity index is -0.000000531. The van der Waals surface area contributed by atoms with Gasteiger partial charge in [-0.25, -0.2) is 19.2 Å². The third-order valence-corrected chi connectivity index (χ3v) is 19.9. The van der Waals surface area contributed by atoms with Crippen molar-refractivity contribution >= 4 is 116 Å². The van der Waals surface area contributed by atoms with Crippen molar-refractivity contribution in [1.82, 2.24) is 10.6 Å². The highest BCUT2D eigenvalue weighted by molar-refractivity contribution is 6.97. The Labute approximate surface area is 740 Å². The number of carboxylic acid groups (broad SMARTS) is 1. The fraction of sp³-hybridized carbons (Fsp3) is 0.804. The molecule has 118 heavy (non-hydrogen) atoms. The van der Waals surface area contributed by atoms with E-state index in [4.69, 9.17) is 70.3 Å². The molecule has 4 atom stereocenters. The minimum atomic E-state index is -1.14. The lowest BCUT2D eigenvalue weighted by Crippen LogP contribution is -2.34. The lowest BCUT2D eigenvalue weighted by atomic mass is 10.1. The number of allylic oxidation sites excluding steroid dienone is 8. The molecule has 0 bridgehead atoms. The monoisotopic (exact) mass is 1770 g/mol. The maximum Gasteiger partial charge on any atom is 0.413 e. The lowest BCUT2D eigenvalue weighted by molar-refractivity contribution is -0.137. The Bertz CT molecular complexity index is 2340. The highest BCUT2D eigenvalue weighted by Crippen LogP contribution is 2.23. The van der Waals surface area contributed by atoms with Crippen LogP contribution in [0, 0.1) is 0 Å². The van der Waals surface area contributed by atoms with Gasteiger partial charge in [0.15, 0.2) is 0 Å². The van der Waals surface area contributed by atoms with Gasteiger partial charge in [0.1, 0.15) is 26.4 Å². The number of hydrogen-bond acceptors (Lipinski definition) is 16. The zero-order valence-corrected chi connectivity index (χ0v) is 76.7. The zero-order chi connectivity index (χ0) is 87.4. The molecule has 21 nitrogen and oxygen atoms in total. The van der Waals surface area contributed by atoms with Gasteiger partial charge in [-0.05, 0) is 189 Å². The topological polar surface area (TPSA) is 322 Å². The van der Waals surface area contributed by atoms with E-state index in [1.807, 2.05) is 0 Å². The molecule has 690 valence electrons. The summed E-state index contributed by atoms with van der Waals surface area (Å²) in [6, 6.07) is 0. The molecule has 0 saturated carbocycles. The summed E-state index contributed by atoms with van der Waals surface area (Å²) in [7, 11) is 0. The summed E-state index contributed by atoms with van der Waals surface area (Å²) >= 11 is 23.8. The number of alkyl halides is 2. The second-order valence-electron chi connectivity index (χ2n) is 30.2. The van der Waals surface area contributed by atoms with Gasteiger partial charge in [0.2, 0.25) is 17.1 Å². The number of aliphatic carboxylic acids is 1. The number of rotatable bonds is 69. The van der Waals surface area contributed by atoms with Crippen LogP contribution in [-0.4, -0.2) is 119 Å². The summed E-state index contributed by atoms with van der Waals surface area (Å²) in [5.74, 6) is -1.32. The molecule has 2 aliphatic heterocycles. The Hall–Kier alpha value is -4.77. The van der Waals surface area contributed by atoms with Gasteiger partial charge >= 0.3 is 40.8 Å². The fourth-order valence-electron chi connectivity index (χ4n) is 12.6. The van der Waals surface area contributed by atoms with Crippen molar-refractivity contribution in [3.63, 3.8) is 0 Å². The van der Waals surface area contributed by atoms with Gasteiger partial charge in [0.05, 0.1) is 29.8 Å². The predicted molar refractivity (Wildman–Crippen MR) is 487 cm³/mol. The number of amides is 6. The number of alkyl carbamates (subject to hydrolysis) is 2. The van der Waals surface area contributed by atoms with Crippen molar-refractivity contribution < 1.29 is 81.5 Å². The van der Waals surface area contributed by atoms with E-state index >= 15 is 0 Å². The van der Waals surface area contributed by atoms with Crippen LogP contribution in [0.2, 0.25) is 0 Å². The number of unbranched alkanes of at least 4 members (excludes halogenated alkanes) is 44. The van der Waals surface area contributed by atoms with Crippen molar-refractivity contribution in [3.8, 4) is 0 Å². The van der Waals surface area contributed by atoms with Crippen LogP contribution in [0.4, 0.5) is 19.2 Å². The number of ether oxygens (including phenoxy) is 6. The summed E-state index contributed by atoms with van der Waals surface area (Å²) < 4.78 is 30.7. The number of nitrogens with one attached hydrogen (secondary N) is 2. The standard InChI is InChI=1S/C44H78N2O7.C18H33ClO.C18H34O2.C8H14N2O5.C2Cl2O2.CH2Cl2.CH4/c1-3-5-7-9-11-13-15-17-19-21-23-25-27-29-31-33-41(47)45-43(49)51-37-39-35-36-40(53-39)38-52-44(50)46-42(48)34-32-30-28-26-24-22-20-18-16-14-12-10-8-6-4-2;2*1-2-3-4-5-6-7-8-9-10-11-12-13-14-15-16-17-18(19)20;9-7(11)13-3-5-1-2-6(15-5)4-14-8(10)12;3-1(5)2(4)6;2-1-3;/h17-20,39-40H,3-16,21-38H2,1-2H3,(H,45,47,49)(H,46,48,50);9-10H,2-8,11-17H2,1H3;9-10H,2-8,11-17H2,1H3,(H,19,20);5-6H,1-4H2,(H2,9,11)(H2,10,12);;1H2;1H4/b19-17-,20-18-;2*10-9-;;;;. The SMILES string of the molecule is C.CCCCCCCC/C=C\CCCCCCCC(=O)Cl.CCCCCCCC/C=C\CCCCCCCC(=O)NC(=O)OCC1CCC(COC(=O)NC(=O)CCCCCCC/C=C\CCCCCCCC)O1.CCCCCCCC/C=C\CCCCCCCC(=O)O.ClCCl.NC(=O)OCC1CCC(COC(N)=O)O1.O=C(Cl)C(=O)Cl. The highest BCUT2D eigenvalue weighted by atomic mass is 35.5. The van der Waals surface area contributed by atoms with Crippen LogP contribution in [0.1, 0.15) is 420 Å². The fourth-order valence-corrected chi connectivity index (χ4v) is 12.7. The molecule has 0 aromatic heterocycles. The number of carbonyl (C=O) groups is 10. The van der Waals surface area contributed by atoms with Gasteiger partial charge in [-0.1, -0.05) is 289 Å². The second-order valence-corrected chi connectivity index (χ2v) is 32.1. The summed E-state index contributed by atoms with van der Waals surface area (Å²) in [5, 5.41) is 10.8. The zero-order valence-electron chi connectivity index (χ0n) is 72.9. The van der Waals surface area contributed by atoms with E-state index < -0.39 is 40.8 Å². The maximum absolute atomic E-state index is 12.1. The van der Waals surface area contributed by atoms with E-state index in [-0.39, 0.29) is 80.7 Å². The maximum atomic E-state index is 12.1. The summed E-state index contributed by atoms with van der Waals surface area (Å²) in [4.78, 5) is 109. The van der Waals surface area contributed by atoms with Crippen LogP contribution in [-0.2, 0) is 57.2 Å². The summed E-state index contributed by atoms with van der Waals surface area (Å²) in [5.41, 5.74) is 9.60. The van der Waals surface area contributed by atoms with Gasteiger partial charge in [0, 0.05) is 25.7 Å². The molecule has 2 aliphatic rings. The van der Waals surface area contributed by atoms with E-state index in [0.717, 1.165) is 103 Å². The minimum Gasteiger partial charge on any atom is -0.481 e. The first-order valence-corrected chi connectivity index (χ1v) is 47.4. The molecule has 2 heterocycles. The van der Waals surface area contributed by atoms with Crippen LogP contribution in [0.15, 0.2) is 48.6 Å². The molecule has 0 radical (unpaired) electrons. The highest BCUT2D eigenvalue weighted by Gasteiger charge is 2.29. The number of carbonyl (C=O) groups excluding carboxylic acids is 9. The van der Waals surface area contributed by atoms with E-state index in [1.54, 1.807) is 0 Å². The van der Waals surface area contributed by atoms with E-state index in [1.165, 1.54) is 244 Å². The average Bonchev–Trinajstić information content (AvgIpc) is 1.78. The molecule has 4 unspecified atom stereocenters. The van der Waals surface area contributed by atoms with Crippen LogP contribution < -0.4 is 22.1 Å².